The molecule has 5 heteroatoms. The van der Waals surface area contributed by atoms with Crippen LogP contribution in [0.2, 0.25) is 0 Å². The van der Waals surface area contributed by atoms with Crippen molar-refractivity contribution in [3.63, 3.8) is 0 Å². The summed E-state index contributed by atoms with van der Waals surface area (Å²) in [5, 5.41) is 18.7. The van der Waals surface area contributed by atoms with E-state index in [1.807, 2.05) is 20.8 Å². The Morgan fingerprint density at radius 3 is 2.20 bits per heavy atom. The lowest BCUT2D eigenvalue weighted by Crippen LogP contribution is -2.49. The summed E-state index contributed by atoms with van der Waals surface area (Å²) < 4.78 is 16.9. The van der Waals surface area contributed by atoms with Gasteiger partial charge in [-0.3, -0.25) is 0 Å². The van der Waals surface area contributed by atoms with Gasteiger partial charge in [0.05, 0.1) is 19.3 Å². The molecule has 3 atom stereocenters. The minimum Gasteiger partial charge on any atom is -0.393 e. The number of aliphatic hydroxyl groups is 2. The molecule has 2 heterocycles. The Morgan fingerprint density at radius 1 is 1.07 bits per heavy atom. The first kappa shape index (κ1) is 11.3. The molecule has 2 N–H and O–H groups in total. The van der Waals surface area contributed by atoms with Gasteiger partial charge in [-0.05, 0) is 20.8 Å². The molecule has 0 spiro atoms. The first-order valence-corrected chi connectivity index (χ1v) is 5.19. The molecule has 0 aromatic rings. The number of hydrogen-bond acceptors (Lipinski definition) is 5. The van der Waals surface area contributed by atoms with Crippen LogP contribution in [0.25, 0.3) is 0 Å². The van der Waals surface area contributed by atoms with Crippen LogP contribution in [0, 0.1) is 0 Å². The van der Waals surface area contributed by atoms with E-state index in [0.717, 1.165) is 0 Å². The number of hydrogen-bond donors (Lipinski definition) is 2. The normalized spacial score (nSPS) is 41.8. The highest BCUT2D eigenvalue weighted by molar-refractivity contribution is 5.05. The number of rotatable bonds is 2. The first-order valence-electron chi connectivity index (χ1n) is 5.19. The Hall–Kier alpha value is -0.200. The van der Waals surface area contributed by atoms with Crippen LogP contribution in [0.5, 0.6) is 0 Å². The highest BCUT2D eigenvalue weighted by atomic mass is 16.8. The molecule has 0 bridgehead atoms. The second kappa shape index (κ2) is 3.40. The van der Waals surface area contributed by atoms with Gasteiger partial charge >= 0.3 is 0 Å². The fourth-order valence-corrected chi connectivity index (χ4v) is 2.35. The molecule has 0 aromatic carbocycles. The highest BCUT2D eigenvalue weighted by Crippen LogP contribution is 2.43. The van der Waals surface area contributed by atoms with E-state index in [1.54, 1.807) is 0 Å². The van der Waals surface area contributed by atoms with E-state index in [-0.39, 0.29) is 25.4 Å². The quantitative estimate of drug-likeness (QED) is 0.663. The standard InChI is InChI=1S/C10H18O5/c1-6-7-8(15-9(2,3)14-7)10(4-11,5-12)13-6/h6-8,11-12H,4-5H2,1-3H3. The zero-order valence-electron chi connectivity index (χ0n) is 9.27. The first-order chi connectivity index (χ1) is 6.94. The molecule has 2 aliphatic rings. The van der Waals surface area contributed by atoms with E-state index in [1.165, 1.54) is 0 Å². The highest BCUT2D eigenvalue weighted by Gasteiger charge is 2.61. The van der Waals surface area contributed by atoms with E-state index in [0.29, 0.717) is 0 Å². The van der Waals surface area contributed by atoms with Gasteiger partial charge in [-0.2, -0.15) is 0 Å². The largest absolute Gasteiger partial charge is 0.393 e. The molecule has 2 aliphatic heterocycles. The fourth-order valence-electron chi connectivity index (χ4n) is 2.35. The van der Waals surface area contributed by atoms with Gasteiger partial charge in [0.15, 0.2) is 5.79 Å². The van der Waals surface area contributed by atoms with Gasteiger partial charge in [0.2, 0.25) is 0 Å². The predicted molar refractivity (Wildman–Crippen MR) is 51.3 cm³/mol. The Morgan fingerprint density at radius 2 is 1.67 bits per heavy atom. The minimum absolute atomic E-state index is 0.184. The molecule has 3 unspecified atom stereocenters. The maximum Gasteiger partial charge on any atom is 0.164 e. The van der Waals surface area contributed by atoms with Crippen LogP contribution >= 0.6 is 0 Å². The number of fused-ring (bicyclic) bond motifs is 1. The molecule has 0 radical (unpaired) electrons. The van der Waals surface area contributed by atoms with Crippen molar-refractivity contribution in [2.24, 2.45) is 0 Å². The second-order valence-electron chi connectivity index (χ2n) is 4.72. The molecule has 2 rings (SSSR count). The zero-order chi connectivity index (χ0) is 11.3. The minimum atomic E-state index is -1.03. The summed E-state index contributed by atoms with van der Waals surface area (Å²) in [5.41, 5.74) is -1.03. The molecule has 0 aliphatic carbocycles. The SMILES string of the molecule is CC1OC(CO)(CO)C2OC(C)(C)OC12. The van der Waals surface area contributed by atoms with Crippen molar-refractivity contribution in [2.75, 3.05) is 13.2 Å². The van der Waals surface area contributed by atoms with Gasteiger partial charge in [-0.15, -0.1) is 0 Å². The second-order valence-corrected chi connectivity index (χ2v) is 4.72. The lowest BCUT2D eigenvalue weighted by Gasteiger charge is -2.31. The average Bonchev–Trinajstić information content (AvgIpc) is 2.61. The van der Waals surface area contributed by atoms with Crippen molar-refractivity contribution in [3.8, 4) is 0 Å². The van der Waals surface area contributed by atoms with Gasteiger partial charge in [0, 0.05) is 0 Å². The summed E-state index contributed by atoms with van der Waals surface area (Å²) in [6, 6.07) is 0. The Labute approximate surface area is 88.9 Å². The van der Waals surface area contributed by atoms with Gasteiger partial charge in [0.25, 0.3) is 0 Å². The Bertz CT molecular complexity index is 248. The lowest BCUT2D eigenvalue weighted by molar-refractivity contribution is -0.220. The summed E-state index contributed by atoms with van der Waals surface area (Å²) in [6.45, 7) is 4.95. The molecule has 2 saturated heterocycles. The Balaban J connectivity index is 2.25. The summed E-state index contributed by atoms with van der Waals surface area (Å²) in [7, 11) is 0. The number of ether oxygens (including phenoxy) is 3. The Kier molecular flexibility index (Phi) is 2.56. The van der Waals surface area contributed by atoms with Crippen molar-refractivity contribution in [2.45, 2.75) is 50.5 Å². The van der Waals surface area contributed by atoms with E-state index in [4.69, 9.17) is 14.2 Å². The van der Waals surface area contributed by atoms with E-state index in [9.17, 15) is 10.2 Å². The molecular formula is C10H18O5. The van der Waals surface area contributed by atoms with Crippen LogP contribution in [0.3, 0.4) is 0 Å². The third-order valence-electron chi connectivity index (χ3n) is 3.07. The van der Waals surface area contributed by atoms with Crippen LogP contribution in [-0.4, -0.2) is 53.1 Å². The van der Waals surface area contributed by atoms with Gasteiger partial charge in [-0.1, -0.05) is 0 Å². The molecule has 88 valence electrons. The van der Waals surface area contributed by atoms with Crippen molar-refractivity contribution in [1.82, 2.24) is 0 Å². The third kappa shape index (κ3) is 1.59. The van der Waals surface area contributed by atoms with E-state index < -0.39 is 17.5 Å². The van der Waals surface area contributed by atoms with Crippen molar-refractivity contribution in [3.05, 3.63) is 0 Å². The maximum absolute atomic E-state index is 9.33. The van der Waals surface area contributed by atoms with Crippen LogP contribution < -0.4 is 0 Å². The molecular weight excluding hydrogens is 200 g/mol. The average molecular weight is 218 g/mol. The van der Waals surface area contributed by atoms with Crippen molar-refractivity contribution in [1.29, 1.82) is 0 Å². The summed E-state index contributed by atoms with van der Waals surface area (Å²) in [5.74, 6) is -0.678. The van der Waals surface area contributed by atoms with Crippen LogP contribution in [0.4, 0.5) is 0 Å². The molecule has 5 nitrogen and oxygen atoms in total. The van der Waals surface area contributed by atoms with Crippen LogP contribution in [0.1, 0.15) is 20.8 Å². The van der Waals surface area contributed by atoms with Gasteiger partial charge < -0.3 is 24.4 Å². The van der Waals surface area contributed by atoms with Crippen molar-refractivity contribution < 1.29 is 24.4 Å². The fraction of sp³-hybridized carbons (Fsp3) is 1.00. The zero-order valence-corrected chi connectivity index (χ0v) is 9.27. The lowest BCUT2D eigenvalue weighted by atomic mass is 9.96. The molecule has 0 amide bonds. The monoisotopic (exact) mass is 218 g/mol. The molecule has 2 fully saturated rings. The molecule has 0 aromatic heterocycles. The number of aliphatic hydroxyl groups excluding tert-OH is 2. The maximum atomic E-state index is 9.33. The molecule has 15 heavy (non-hydrogen) atoms. The summed E-state index contributed by atoms with van der Waals surface area (Å²) >= 11 is 0. The van der Waals surface area contributed by atoms with Gasteiger partial charge in [0.1, 0.15) is 17.8 Å². The summed E-state index contributed by atoms with van der Waals surface area (Å²) in [4.78, 5) is 0. The van der Waals surface area contributed by atoms with Crippen LogP contribution in [0.15, 0.2) is 0 Å². The third-order valence-corrected chi connectivity index (χ3v) is 3.07. The van der Waals surface area contributed by atoms with E-state index >= 15 is 0 Å². The topological polar surface area (TPSA) is 68.2 Å². The van der Waals surface area contributed by atoms with E-state index in [2.05, 4.69) is 0 Å². The molecule has 0 saturated carbocycles. The smallest absolute Gasteiger partial charge is 0.164 e. The summed E-state index contributed by atoms with van der Waals surface area (Å²) in [6.07, 6.45) is -0.812. The van der Waals surface area contributed by atoms with Crippen LogP contribution in [-0.2, 0) is 14.2 Å². The van der Waals surface area contributed by atoms with Gasteiger partial charge in [-0.25, -0.2) is 0 Å². The van der Waals surface area contributed by atoms with Crippen molar-refractivity contribution >= 4 is 0 Å². The predicted octanol–water partition coefficient (Wildman–Crippen LogP) is -0.351.